The van der Waals surface area contributed by atoms with Crippen molar-refractivity contribution in [3.63, 3.8) is 0 Å². The Bertz CT molecular complexity index is 526. The van der Waals surface area contributed by atoms with Gasteiger partial charge in [0.1, 0.15) is 0 Å². The lowest BCUT2D eigenvalue weighted by molar-refractivity contribution is 0.0951. The highest BCUT2D eigenvalue weighted by atomic mass is 16.1. The molecule has 1 N–H and O–H groups in total. The number of carbonyl (C=O) groups is 1. The van der Waals surface area contributed by atoms with Crippen LogP contribution >= 0.6 is 0 Å². The van der Waals surface area contributed by atoms with Crippen molar-refractivity contribution in [2.75, 3.05) is 0 Å². The largest absolute Gasteiger partial charge is 0.348 e. The number of nitrogens with one attached hydrogen (secondary N) is 1. The molecule has 2 aromatic carbocycles. The minimum absolute atomic E-state index is 0.0319. The topological polar surface area (TPSA) is 29.1 Å². The van der Waals surface area contributed by atoms with Gasteiger partial charge in [-0.05, 0) is 31.5 Å². The van der Waals surface area contributed by atoms with Crippen LogP contribution in [-0.2, 0) is 6.54 Å². The molecular formula is C16H17NO. The van der Waals surface area contributed by atoms with E-state index >= 15 is 0 Å². The molecule has 0 unspecified atom stereocenters. The van der Waals surface area contributed by atoms with Gasteiger partial charge in [0.05, 0.1) is 0 Å². The van der Waals surface area contributed by atoms with Crippen molar-refractivity contribution >= 4 is 5.91 Å². The van der Waals surface area contributed by atoms with Crippen LogP contribution in [0.5, 0.6) is 0 Å². The molecule has 0 saturated heterocycles. The van der Waals surface area contributed by atoms with Crippen molar-refractivity contribution in [3.8, 4) is 0 Å². The highest BCUT2D eigenvalue weighted by Gasteiger charge is 2.04. The van der Waals surface area contributed by atoms with Gasteiger partial charge in [-0.2, -0.15) is 0 Å². The molecule has 2 aromatic rings. The van der Waals surface area contributed by atoms with Gasteiger partial charge in [-0.25, -0.2) is 0 Å². The van der Waals surface area contributed by atoms with E-state index in [1.165, 1.54) is 5.56 Å². The Morgan fingerprint density at radius 2 is 1.39 bits per heavy atom. The van der Waals surface area contributed by atoms with E-state index in [4.69, 9.17) is 0 Å². The number of amides is 1. The van der Waals surface area contributed by atoms with E-state index in [1.807, 2.05) is 55.5 Å². The molecule has 0 saturated carbocycles. The predicted octanol–water partition coefficient (Wildman–Crippen LogP) is 3.23. The maximum Gasteiger partial charge on any atom is 0.251 e. The van der Waals surface area contributed by atoms with Crippen molar-refractivity contribution < 1.29 is 4.79 Å². The summed E-state index contributed by atoms with van der Waals surface area (Å²) in [4.78, 5) is 11.9. The second kappa shape index (κ2) is 5.50. The lowest BCUT2D eigenvalue weighted by Gasteiger charge is -2.06. The molecule has 0 aliphatic heterocycles. The Kier molecular flexibility index (Phi) is 3.78. The minimum Gasteiger partial charge on any atom is -0.348 e. The van der Waals surface area contributed by atoms with Crippen LogP contribution in [0.25, 0.3) is 0 Å². The molecule has 0 bridgehead atoms. The van der Waals surface area contributed by atoms with E-state index in [9.17, 15) is 4.79 Å². The van der Waals surface area contributed by atoms with Crippen LogP contribution in [0.4, 0.5) is 0 Å². The highest BCUT2D eigenvalue weighted by molar-refractivity contribution is 5.94. The fraction of sp³-hybridized carbons (Fsp3) is 0.188. The molecule has 0 atom stereocenters. The summed E-state index contributed by atoms with van der Waals surface area (Å²) in [5, 5.41) is 2.92. The van der Waals surface area contributed by atoms with Crippen molar-refractivity contribution in [3.05, 3.63) is 70.8 Å². The first-order valence-electron chi connectivity index (χ1n) is 6.05. The summed E-state index contributed by atoms with van der Waals surface area (Å²) in [6.07, 6.45) is 0. The molecule has 0 radical (unpaired) electrons. The first kappa shape index (κ1) is 12.4. The molecule has 2 nitrogen and oxygen atoms in total. The van der Waals surface area contributed by atoms with Gasteiger partial charge in [0.25, 0.3) is 5.91 Å². The smallest absolute Gasteiger partial charge is 0.251 e. The molecule has 0 aromatic heterocycles. The molecule has 0 fully saturated rings. The van der Waals surface area contributed by atoms with E-state index < -0.39 is 0 Å². The maximum absolute atomic E-state index is 11.9. The van der Waals surface area contributed by atoms with Gasteiger partial charge >= 0.3 is 0 Å². The van der Waals surface area contributed by atoms with E-state index in [-0.39, 0.29) is 5.91 Å². The van der Waals surface area contributed by atoms with Crippen molar-refractivity contribution in [2.45, 2.75) is 20.4 Å². The number of hydrogen-bond acceptors (Lipinski definition) is 1. The van der Waals surface area contributed by atoms with E-state index in [0.717, 1.165) is 11.1 Å². The summed E-state index contributed by atoms with van der Waals surface area (Å²) in [6, 6.07) is 15.7. The molecule has 92 valence electrons. The lowest BCUT2D eigenvalue weighted by Crippen LogP contribution is -2.22. The zero-order valence-electron chi connectivity index (χ0n) is 10.7. The Labute approximate surface area is 108 Å². The quantitative estimate of drug-likeness (QED) is 0.875. The van der Waals surface area contributed by atoms with Crippen LogP contribution in [0, 0.1) is 13.8 Å². The van der Waals surface area contributed by atoms with Crippen molar-refractivity contribution in [1.82, 2.24) is 5.32 Å². The summed E-state index contributed by atoms with van der Waals surface area (Å²) in [6.45, 7) is 4.62. The Hall–Kier alpha value is -2.09. The van der Waals surface area contributed by atoms with Crippen LogP contribution in [-0.4, -0.2) is 5.91 Å². The third kappa shape index (κ3) is 3.20. The minimum atomic E-state index is -0.0319. The van der Waals surface area contributed by atoms with Gasteiger partial charge in [-0.3, -0.25) is 4.79 Å². The second-order valence-corrected chi connectivity index (χ2v) is 4.53. The van der Waals surface area contributed by atoms with Crippen LogP contribution < -0.4 is 5.32 Å². The lowest BCUT2D eigenvalue weighted by atomic mass is 10.1. The standard InChI is InChI=1S/C16H17NO/c1-12-3-7-14(8-4-12)11-17-16(18)15-9-5-13(2)6-10-15/h3-10H,11H2,1-2H3,(H,17,18). The second-order valence-electron chi connectivity index (χ2n) is 4.53. The number of benzene rings is 2. The van der Waals surface area contributed by atoms with Crippen molar-refractivity contribution in [1.29, 1.82) is 0 Å². The third-order valence-electron chi connectivity index (χ3n) is 2.89. The number of rotatable bonds is 3. The number of carbonyl (C=O) groups excluding carboxylic acids is 1. The van der Waals surface area contributed by atoms with Gasteiger partial charge in [0.2, 0.25) is 0 Å². The first-order valence-corrected chi connectivity index (χ1v) is 6.05. The van der Waals surface area contributed by atoms with E-state index in [1.54, 1.807) is 0 Å². The van der Waals surface area contributed by atoms with Gasteiger partial charge in [0, 0.05) is 12.1 Å². The van der Waals surface area contributed by atoms with Gasteiger partial charge < -0.3 is 5.32 Å². The zero-order valence-corrected chi connectivity index (χ0v) is 10.7. The molecule has 1 amide bonds. The molecular weight excluding hydrogens is 222 g/mol. The van der Waals surface area contributed by atoms with Gasteiger partial charge in [-0.15, -0.1) is 0 Å². The summed E-state index contributed by atoms with van der Waals surface area (Å²) >= 11 is 0. The zero-order chi connectivity index (χ0) is 13.0. The summed E-state index contributed by atoms with van der Waals surface area (Å²) in [5.74, 6) is -0.0319. The fourth-order valence-corrected chi connectivity index (χ4v) is 1.70. The molecule has 0 heterocycles. The summed E-state index contributed by atoms with van der Waals surface area (Å²) in [7, 11) is 0. The van der Waals surface area contributed by atoms with E-state index in [2.05, 4.69) is 12.2 Å². The summed E-state index contributed by atoms with van der Waals surface area (Å²) in [5.41, 5.74) is 4.20. The molecule has 0 aliphatic rings. The van der Waals surface area contributed by atoms with Crippen LogP contribution in [0.15, 0.2) is 48.5 Å². The number of hydrogen-bond donors (Lipinski definition) is 1. The average Bonchev–Trinajstić information content (AvgIpc) is 2.38. The van der Waals surface area contributed by atoms with E-state index in [0.29, 0.717) is 12.1 Å². The van der Waals surface area contributed by atoms with Crippen LogP contribution in [0.1, 0.15) is 27.0 Å². The predicted molar refractivity (Wildman–Crippen MR) is 73.5 cm³/mol. The van der Waals surface area contributed by atoms with Crippen LogP contribution in [0.2, 0.25) is 0 Å². The molecule has 0 spiro atoms. The Morgan fingerprint density at radius 1 is 0.889 bits per heavy atom. The number of aryl methyl sites for hydroxylation is 2. The fourth-order valence-electron chi connectivity index (χ4n) is 1.70. The highest BCUT2D eigenvalue weighted by Crippen LogP contribution is 2.05. The Morgan fingerprint density at radius 3 is 1.94 bits per heavy atom. The first-order chi connectivity index (χ1) is 8.65. The van der Waals surface area contributed by atoms with Crippen molar-refractivity contribution in [2.24, 2.45) is 0 Å². The van der Waals surface area contributed by atoms with Crippen LogP contribution in [0.3, 0.4) is 0 Å². The summed E-state index contributed by atoms with van der Waals surface area (Å²) < 4.78 is 0. The Balaban J connectivity index is 1.96. The molecule has 2 rings (SSSR count). The van der Waals surface area contributed by atoms with Gasteiger partial charge in [-0.1, -0.05) is 47.5 Å². The van der Waals surface area contributed by atoms with Gasteiger partial charge in [0.15, 0.2) is 0 Å². The SMILES string of the molecule is Cc1ccc(CNC(=O)c2ccc(C)cc2)cc1. The molecule has 18 heavy (non-hydrogen) atoms. The third-order valence-corrected chi connectivity index (χ3v) is 2.89. The monoisotopic (exact) mass is 239 g/mol. The molecule has 2 heteroatoms. The average molecular weight is 239 g/mol. The molecule has 0 aliphatic carbocycles. The normalized spacial score (nSPS) is 10.1. The maximum atomic E-state index is 11.9.